The van der Waals surface area contributed by atoms with E-state index in [1.165, 1.54) is 38.5 Å². The fraction of sp³-hybridized carbons (Fsp3) is 0.696. The molecule has 2 aliphatic rings. The van der Waals surface area contributed by atoms with E-state index in [1.807, 2.05) is 24.3 Å². The Morgan fingerprint density at radius 2 is 1.79 bits per heavy atom. The first-order valence-electron chi connectivity index (χ1n) is 11.2. The van der Waals surface area contributed by atoms with Gasteiger partial charge in [0.25, 0.3) is 0 Å². The summed E-state index contributed by atoms with van der Waals surface area (Å²) in [6.45, 7) is 5.24. The lowest BCUT2D eigenvalue weighted by molar-refractivity contribution is 0.0176. The van der Waals surface area contributed by atoms with E-state index in [2.05, 4.69) is 17.1 Å². The Hall–Kier alpha value is -1.75. The Morgan fingerprint density at radius 1 is 1.04 bits per heavy atom. The Bertz CT molecular complexity index is 584. The van der Waals surface area contributed by atoms with E-state index in [4.69, 9.17) is 9.47 Å². The maximum Gasteiger partial charge on any atom is 0.411 e. The van der Waals surface area contributed by atoms with Crippen molar-refractivity contribution < 1.29 is 14.3 Å². The fourth-order valence-electron chi connectivity index (χ4n) is 4.34. The maximum absolute atomic E-state index is 12.4. The SMILES string of the molecule is CCCCCCOc1ccc(NC(=O)OC2CCCCC2N2CCCC2)cc1. The first-order chi connectivity index (χ1) is 13.8. The highest BCUT2D eigenvalue weighted by molar-refractivity contribution is 5.84. The second-order valence-corrected chi connectivity index (χ2v) is 8.10. The third-order valence-corrected chi connectivity index (χ3v) is 5.90. The van der Waals surface area contributed by atoms with Crippen molar-refractivity contribution in [2.45, 2.75) is 83.3 Å². The van der Waals surface area contributed by atoms with Crippen LogP contribution in [0.15, 0.2) is 24.3 Å². The molecule has 1 saturated carbocycles. The van der Waals surface area contributed by atoms with Gasteiger partial charge in [-0.1, -0.05) is 32.6 Å². The molecule has 2 unspecified atom stereocenters. The second-order valence-electron chi connectivity index (χ2n) is 8.10. The van der Waals surface area contributed by atoms with Crippen LogP contribution in [0.5, 0.6) is 5.75 Å². The van der Waals surface area contributed by atoms with Gasteiger partial charge in [0.05, 0.1) is 6.61 Å². The second kappa shape index (κ2) is 11.3. The van der Waals surface area contributed by atoms with Gasteiger partial charge in [-0.05, 0) is 75.9 Å². The van der Waals surface area contributed by atoms with Crippen LogP contribution in [0.3, 0.4) is 0 Å². The molecule has 0 spiro atoms. The topological polar surface area (TPSA) is 50.8 Å². The van der Waals surface area contributed by atoms with Gasteiger partial charge in [0.2, 0.25) is 0 Å². The zero-order valence-corrected chi connectivity index (χ0v) is 17.3. The lowest BCUT2D eigenvalue weighted by Crippen LogP contribution is -2.46. The summed E-state index contributed by atoms with van der Waals surface area (Å²) in [6.07, 6.45) is 11.5. The van der Waals surface area contributed by atoms with E-state index >= 15 is 0 Å². The zero-order chi connectivity index (χ0) is 19.6. The number of carbonyl (C=O) groups is 1. The van der Waals surface area contributed by atoms with Crippen LogP contribution in [0.2, 0.25) is 0 Å². The van der Waals surface area contributed by atoms with Crippen molar-refractivity contribution in [3.8, 4) is 5.75 Å². The van der Waals surface area contributed by atoms with Gasteiger partial charge in [0.1, 0.15) is 11.9 Å². The minimum absolute atomic E-state index is 0.0116. The number of ether oxygens (including phenoxy) is 2. The molecule has 1 aromatic carbocycles. The molecule has 1 aliphatic heterocycles. The number of rotatable bonds is 9. The van der Waals surface area contributed by atoms with Gasteiger partial charge in [0, 0.05) is 11.7 Å². The minimum atomic E-state index is -0.343. The number of nitrogens with zero attached hydrogens (tertiary/aromatic N) is 1. The van der Waals surface area contributed by atoms with Crippen molar-refractivity contribution in [1.29, 1.82) is 0 Å². The number of anilines is 1. The molecule has 0 radical (unpaired) electrons. The largest absolute Gasteiger partial charge is 0.494 e. The molecule has 156 valence electrons. The predicted octanol–water partition coefficient (Wildman–Crippen LogP) is 5.60. The molecule has 1 amide bonds. The van der Waals surface area contributed by atoms with Crippen LogP contribution in [0.1, 0.15) is 71.1 Å². The van der Waals surface area contributed by atoms with E-state index < -0.39 is 0 Å². The molecular weight excluding hydrogens is 352 g/mol. The normalized spacial score (nSPS) is 22.8. The Balaban J connectivity index is 1.43. The van der Waals surface area contributed by atoms with Crippen molar-refractivity contribution in [2.75, 3.05) is 25.0 Å². The molecule has 1 saturated heterocycles. The van der Waals surface area contributed by atoms with E-state index in [1.54, 1.807) is 0 Å². The highest BCUT2D eigenvalue weighted by atomic mass is 16.6. The highest BCUT2D eigenvalue weighted by Gasteiger charge is 2.34. The molecule has 0 aromatic heterocycles. The van der Waals surface area contributed by atoms with Crippen LogP contribution >= 0.6 is 0 Å². The average molecular weight is 389 g/mol. The third kappa shape index (κ3) is 6.40. The number of nitrogens with one attached hydrogen (secondary N) is 1. The van der Waals surface area contributed by atoms with E-state index in [0.717, 1.165) is 56.8 Å². The summed E-state index contributed by atoms with van der Waals surface area (Å²) >= 11 is 0. The number of benzene rings is 1. The highest BCUT2D eigenvalue weighted by Crippen LogP contribution is 2.28. The lowest BCUT2D eigenvalue weighted by Gasteiger charge is -2.37. The van der Waals surface area contributed by atoms with Gasteiger partial charge < -0.3 is 9.47 Å². The van der Waals surface area contributed by atoms with Crippen molar-refractivity contribution in [3.63, 3.8) is 0 Å². The van der Waals surface area contributed by atoms with Crippen LogP contribution in [0.4, 0.5) is 10.5 Å². The molecular formula is C23H36N2O3. The number of likely N-dealkylation sites (tertiary alicyclic amines) is 1. The molecule has 1 N–H and O–H groups in total. The van der Waals surface area contributed by atoms with Gasteiger partial charge in [-0.15, -0.1) is 0 Å². The molecule has 2 atom stereocenters. The Morgan fingerprint density at radius 3 is 2.54 bits per heavy atom. The number of carbonyl (C=O) groups excluding carboxylic acids is 1. The summed E-state index contributed by atoms with van der Waals surface area (Å²) in [4.78, 5) is 14.9. The smallest absolute Gasteiger partial charge is 0.411 e. The Kier molecular flexibility index (Phi) is 8.46. The van der Waals surface area contributed by atoms with Crippen molar-refractivity contribution in [1.82, 2.24) is 4.90 Å². The molecule has 2 fully saturated rings. The van der Waals surface area contributed by atoms with Crippen LogP contribution in [0, 0.1) is 0 Å². The minimum Gasteiger partial charge on any atom is -0.494 e. The summed E-state index contributed by atoms with van der Waals surface area (Å²) < 4.78 is 11.6. The monoisotopic (exact) mass is 388 g/mol. The van der Waals surface area contributed by atoms with Crippen LogP contribution in [0.25, 0.3) is 0 Å². The third-order valence-electron chi connectivity index (χ3n) is 5.90. The molecule has 1 aliphatic carbocycles. The van der Waals surface area contributed by atoms with Gasteiger partial charge >= 0.3 is 6.09 Å². The number of hydrogen-bond donors (Lipinski definition) is 1. The number of amides is 1. The van der Waals surface area contributed by atoms with Crippen molar-refractivity contribution in [3.05, 3.63) is 24.3 Å². The van der Waals surface area contributed by atoms with Crippen LogP contribution < -0.4 is 10.1 Å². The van der Waals surface area contributed by atoms with Crippen molar-refractivity contribution in [2.24, 2.45) is 0 Å². The van der Waals surface area contributed by atoms with Crippen LogP contribution in [-0.4, -0.2) is 42.8 Å². The molecule has 3 rings (SSSR count). The van der Waals surface area contributed by atoms with Gasteiger partial charge in [-0.25, -0.2) is 4.79 Å². The maximum atomic E-state index is 12.4. The lowest BCUT2D eigenvalue weighted by atomic mass is 9.91. The number of hydrogen-bond acceptors (Lipinski definition) is 4. The zero-order valence-electron chi connectivity index (χ0n) is 17.3. The Labute approximate surface area is 169 Å². The fourth-order valence-corrected chi connectivity index (χ4v) is 4.34. The molecule has 28 heavy (non-hydrogen) atoms. The summed E-state index contributed by atoms with van der Waals surface area (Å²) in [7, 11) is 0. The summed E-state index contributed by atoms with van der Waals surface area (Å²) in [5, 5.41) is 2.88. The standard InChI is InChI=1S/C23H36N2O3/c1-2-3-4-9-18-27-20-14-12-19(13-15-20)24-23(26)28-22-11-6-5-10-21(22)25-16-7-8-17-25/h12-15,21-22H,2-11,16-18H2,1H3,(H,24,26). The molecule has 0 bridgehead atoms. The summed E-state index contributed by atoms with van der Waals surface area (Å²) in [6, 6.07) is 7.96. The first-order valence-corrected chi connectivity index (χ1v) is 11.2. The molecule has 5 nitrogen and oxygen atoms in total. The van der Waals surface area contributed by atoms with Crippen LogP contribution in [-0.2, 0) is 4.74 Å². The average Bonchev–Trinajstić information content (AvgIpc) is 3.24. The number of unbranched alkanes of at least 4 members (excludes halogenated alkanes) is 3. The quantitative estimate of drug-likeness (QED) is 0.559. The van der Waals surface area contributed by atoms with Gasteiger partial charge in [0.15, 0.2) is 0 Å². The summed E-state index contributed by atoms with van der Waals surface area (Å²) in [5.74, 6) is 0.844. The first kappa shape index (κ1) is 21.0. The molecule has 1 heterocycles. The molecule has 5 heteroatoms. The van der Waals surface area contributed by atoms with E-state index in [-0.39, 0.29) is 12.2 Å². The van der Waals surface area contributed by atoms with E-state index in [0.29, 0.717) is 6.04 Å². The van der Waals surface area contributed by atoms with E-state index in [9.17, 15) is 4.79 Å². The summed E-state index contributed by atoms with van der Waals surface area (Å²) in [5.41, 5.74) is 0.747. The predicted molar refractivity (Wildman–Crippen MR) is 113 cm³/mol. The molecule has 1 aromatic rings. The van der Waals surface area contributed by atoms with Crippen molar-refractivity contribution >= 4 is 11.8 Å². The van der Waals surface area contributed by atoms with Gasteiger partial charge in [-0.2, -0.15) is 0 Å². The van der Waals surface area contributed by atoms with Gasteiger partial charge in [-0.3, -0.25) is 10.2 Å².